The summed E-state index contributed by atoms with van der Waals surface area (Å²) in [6, 6.07) is 12.7. The van der Waals surface area contributed by atoms with E-state index in [9.17, 15) is 5.26 Å². The first-order chi connectivity index (χ1) is 17.7. The zero-order chi connectivity index (χ0) is 24.6. The zero-order valence-corrected chi connectivity index (χ0v) is 20.3. The van der Waals surface area contributed by atoms with Gasteiger partial charge in [-0.1, -0.05) is 0 Å². The lowest BCUT2D eigenvalue weighted by Gasteiger charge is -2.54. The van der Waals surface area contributed by atoms with Gasteiger partial charge in [0.1, 0.15) is 17.6 Å². The highest BCUT2D eigenvalue weighted by atomic mass is 16.5. The lowest BCUT2D eigenvalue weighted by atomic mass is 9.66. The number of rotatable bonds is 7. The number of nitrogens with one attached hydrogen (secondary N) is 1. The fraction of sp³-hybridized carbons (Fsp3) is 0.333. The Hall–Kier alpha value is -4.32. The van der Waals surface area contributed by atoms with Crippen LogP contribution in [0.2, 0.25) is 0 Å². The summed E-state index contributed by atoms with van der Waals surface area (Å²) in [5.74, 6) is 3.44. The normalized spacial score (nSPS) is 20.5. The van der Waals surface area contributed by atoms with Gasteiger partial charge in [-0.3, -0.25) is 0 Å². The van der Waals surface area contributed by atoms with Crippen molar-refractivity contribution >= 4 is 17.0 Å². The summed E-state index contributed by atoms with van der Waals surface area (Å²) in [6.45, 7) is 4.43. The average molecular weight is 482 g/mol. The SMILES string of the molecule is CCOc1cc(-c2ccc(N3CC4C[C@H](C3)C4Nc3ccc(OC)nc3)nc2)c2c(C#N)cnn2c1. The van der Waals surface area contributed by atoms with E-state index in [-0.39, 0.29) is 0 Å². The van der Waals surface area contributed by atoms with Crippen LogP contribution in [0, 0.1) is 23.2 Å². The minimum absolute atomic E-state index is 0.455. The van der Waals surface area contributed by atoms with E-state index < -0.39 is 0 Å². The quantitative estimate of drug-likeness (QED) is 0.423. The maximum atomic E-state index is 9.58. The summed E-state index contributed by atoms with van der Waals surface area (Å²) in [5, 5.41) is 17.6. The van der Waals surface area contributed by atoms with Gasteiger partial charge < -0.3 is 19.7 Å². The molecule has 0 aromatic carbocycles. The number of anilines is 2. The molecule has 9 nitrogen and oxygen atoms in total. The molecule has 3 aliphatic rings. The number of hydrogen-bond donors (Lipinski definition) is 1. The van der Waals surface area contributed by atoms with E-state index in [0.29, 0.717) is 41.7 Å². The van der Waals surface area contributed by atoms with Gasteiger partial charge in [0.05, 0.1) is 49.1 Å². The number of methoxy groups -OCH3 is 1. The molecule has 3 fully saturated rings. The van der Waals surface area contributed by atoms with E-state index in [1.165, 1.54) is 6.42 Å². The van der Waals surface area contributed by atoms with Crippen LogP contribution in [0.4, 0.5) is 11.5 Å². The first-order valence-electron chi connectivity index (χ1n) is 12.2. The lowest BCUT2D eigenvalue weighted by Crippen LogP contribution is -2.61. The minimum atomic E-state index is 0.455. The van der Waals surface area contributed by atoms with Crippen LogP contribution < -0.4 is 19.7 Å². The minimum Gasteiger partial charge on any atom is -0.492 e. The van der Waals surface area contributed by atoms with Crippen LogP contribution in [0.3, 0.4) is 0 Å². The van der Waals surface area contributed by atoms with Crippen molar-refractivity contribution in [1.29, 1.82) is 5.26 Å². The van der Waals surface area contributed by atoms with E-state index in [0.717, 1.165) is 41.2 Å². The third-order valence-electron chi connectivity index (χ3n) is 7.21. The van der Waals surface area contributed by atoms with Crippen LogP contribution in [-0.2, 0) is 0 Å². The zero-order valence-electron chi connectivity index (χ0n) is 20.3. The molecule has 2 bridgehead atoms. The topological polar surface area (TPSA) is 101 Å². The van der Waals surface area contributed by atoms with Crippen molar-refractivity contribution in [3.8, 4) is 28.8 Å². The summed E-state index contributed by atoms with van der Waals surface area (Å²) in [7, 11) is 1.63. The van der Waals surface area contributed by atoms with Gasteiger partial charge in [-0.15, -0.1) is 0 Å². The molecule has 182 valence electrons. The van der Waals surface area contributed by atoms with Crippen molar-refractivity contribution in [1.82, 2.24) is 19.6 Å². The Labute approximate surface area is 209 Å². The van der Waals surface area contributed by atoms with Crippen molar-refractivity contribution in [2.75, 3.05) is 37.0 Å². The number of hydrogen-bond acceptors (Lipinski definition) is 8. The summed E-state index contributed by atoms with van der Waals surface area (Å²) in [4.78, 5) is 11.5. The number of ether oxygens (including phenoxy) is 2. The molecule has 6 heterocycles. The second kappa shape index (κ2) is 9.04. The largest absolute Gasteiger partial charge is 0.492 e. The number of nitriles is 1. The maximum Gasteiger partial charge on any atom is 0.213 e. The Bertz CT molecular complexity index is 1410. The van der Waals surface area contributed by atoms with Gasteiger partial charge in [-0.2, -0.15) is 10.4 Å². The van der Waals surface area contributed by atoms with Crippen LogP contribution in [0.1, 0.15) is 18.9 Å². The molecule has 4 aromatic rings. The van der Waals surface area contributed by atoms with Crippen molar-refractivity contribution in [2.24, 2.45) is 11.8 Å². The van der Waals surface area contributed by atoms with Crippen LogP contribution in [-0.4, -0.2) is 52.4 Å². The molecule has 3 atom stereocenters. The highest BCUT2D eigenvalue weighted by Crippen LogP contribution is 2.43. The molecule has 1 aliphatic carbocycles. The molecule has 0 spiro atoms. The molecule has 7 rings (SSSR count). The summed E-state index contributed by atoms with van der Waals surface area (Å²) < 4.78 is 12.6. The molecule has 1 N–H and O–H groups in total. The number of aromatic nitrogens is 4. The third-order valence-corrected chi connectivity index (χ3v) is 7.21. The van der Waals surface area contributed by atoms with Gasteiger partial charge in [-0.05, 0) is 49.4 Å². The molecule has 9 heteroatoms. The summed E-state index contributed by atoms with van der Waals surface area (Å²) in [5.41, 5.74) is 4.13. The van der Waals surface area contributed by atoms with Crippen LogP contribution in [0.5, 0.6) is 11.6 Å². The van der Waals surface area contributed by atoms with Gasteiger partial charge in [0, 0.05) is 42.5 Å². The fourth-order valence-electron chi connectivity index (χ4n) is 5.47. The predicted octanol–water partition coefficient (Wildman–Crippen LogP) is 4.01. The van der Waals surface area contributed by atoms with Crippen molar-refractivity contribution < 1.29 is 9.47 Å². The van der Waals surface area contributed by atoms with E-state index in [2.05, 4.69) is 38.5 Å². The molecular formula is C27H27N7O2. The second-order valence-electron chi connectivity index (χ2n) is 9.31. The van der Waals surface area contributed by atoms with Crippen LogP contribution in [0.25, 0.3) is 16.6 Å². The van der Waals surface area contributed by atoms with Gasteiger partial charge in [0.15, 0.2) is 0 Å². The van der Waals surface area contributed by atoms with Crippen LogP contribution in [0.15, 0.2) is 55.1 Å². The Kier molecular flexibility index (Phi) is 5.56. The standard InChI is InChI=1S/C27H27N7O2/c1-3-36-22-9-23(27-20(10-28)12-31-34(27)16-22)17-4-6-24(29-11-17)33-14-18-8-19(15-33)26(18)32-21-5-7-25(35-2)30-13-21/h4-7,9,11-13,16,18-19,26,32H,3,8,14-15H2,1-2H3/t18-,19?,26?/m1/s1. The average Bonchev–Trinajstić information content (AvgIpc) is 3.35. The molecule has 2 saturated heterocycles. The molecule has 0 radical (unpaired) electrons. The molecule has 4 aromatic heterocycles. The smallest absolute Gasteiger partial charge is 0.213 e. The van der Waals surface area contributed by atoms with E-state index >= 15 is 0 Å². The molecular weight excluding hydrogens is 454 g/mol. The number of piperidine rings is 2. The van der Waals surface area contributed by atoms with Crippen molar-refractivity contribution in [3.05, 3.63) is 60.7 Å². The van der Waals surface area contributed by atoms with Crippen molar-refractivity contribution in [2.45, 2.75) is 19.4 Å². The highest BCUT2D eigenvalue weighted by molar-refractivity contribution is 5.85. The third kappa shape index (κ3) is 3.85. The molecule has 36 heavy (non-hydrogen) atoms. The molecule has 2 unspecified atom stereocenters. The predicted molar refractivity (Wildman–Crippen MR) is 136 cm³/mol. The van der Waals surface area contributed by atoms with Gasteiger partial charge in [-0.25, -0.2) is 14.5 Å². The van der Waals surface area contributed by atoms with E-state index in [1.54, 1.807) is 24.0 Å². The van der Waals surface area contributed by atoms with Crippen molar-refractivity contribution in [3.63, 3.8) is 0 Å². The van der Waals surface area contributed by atoms with Gasteiger partial charge >= 0.3 is 0 Å². The van der Waals surface area contributed by atoms with Gasteiger partial charge in [0.25, 0.3) is 0 Å². The monoisotopic (exact) mass is 481 g/mol. The Balaban J connectivity index is 1.19. The Morgan fingerprint density at radius 3 is 2.64 bits per heavy atom. The number of pyridine rings is 3. The first-order valence-corrected chi connectivity index (χ1v) is 12.2. The first kappa shape index (κ1) is 22.2. The van der Waals surface area contributed by atoms with Crippen LogP contribution >= 0.6 is 0 Å². The van der Waals surface area contributed by atoms with Gasteiger partial charge in [0.2, 0.25) is 5.88 Å². The maximum absolute atomic E-state index is 9.58. The molecule has 0 amide bonds. The van der Waals surface area contributed by atoms with E-state index in [4.69, 9.17) is 14.5 Å². The Morgan fingerprint density at radius 2 is 1.97 bits per heavy atom. The number of nitrogens with zero attached hydrogens (tertiary/aromatic N) is 6. The molecule has 1 saturated carbocycles. The number of fused-ring (bicyclic) bond motifs is 3. The lowest BCUT2D eigenvalue weighted by molar-refractivity contribution is 0.130. The summed E-state index contributed by atoms with van der Waals surface area (Å²) in [6.07, 6.45) is 8.34. The highest BCUT2D eigenvalue weighted by Gasteiger charge is 2.47. The molecule has 2 aliphatic heterocycles. The summed E-state index contributed by atoms with van der Waals surface area (Å²) >= 11 is 0. The van der Waals surface area contributed by atoms with E-state index in [1.807, 2.05) is 37.5 Å². The second-order valence-corrected chi connectivity index (χ2v) is 9.31. The fourth-order valence-corrected chi connectivity index (χ4v) is 5.47. The Morgan fingerprint density at radius 1 is 1.11 bits per heavy atom.